The van der Waals surface area contributed by atoms with Crippen LogP contribution in [0.5, 0.6) is 0 Å². The highest BCUT2D eigenvalue weighted by Gasteiger charge is 2.00. The number of carbonyl (C=O) groups excluding carboxylic acids is 1. The summed E-state index contributed by atoms with van der Waals surface area (Å²) in [5.41, 5.74) is 4.65. The fourth-order valence-electron chi connectivity index (χ4n) is 1.87. The fourth-order valence-corrected chi connectivity index (χ4v) is 2.71. The maximum atomic E-state index is 11.3. The third-order valence-electron chi connectivity index (χ3n) is 3.08. The Morgan fingerprint density at radius 1 is 1.23 bits per heavy atom. The van der Waals surface area contributed by atoms with Gasteiger partial charge in [-0.2, -0.15) is 0 Å². The number of allylic oxidation sites excluding steroid dienone is 6. The zero-order valence-electron chi connectivity index (χ0n) is 14.0. The van der Waals surface area contributed by atoms with Crippen LogP contribution in [0.2, 0.25) is 0 Å². The molecule has 0 spiro atoms. The monoisotopic (exact) mass is 316 g/mol. The van der Waals surface area contributed by atoms with E-state index in [9.17, 15) is 4.79 Å². The van der Waals surface area contributed by atoms with Crippen molar-refractivity contribution in [2.75, 3.05) is 6.61 Å². The first-order chi connectivity index (χ1) is 10.4. The molecule has 0 fully saturated rings. The lowest BCUT2D eigenvalue weighted by Crippen LogP contribution is -1.99. The van der Waals surface area contributed by atoms with Crippen molar-refractivity contribution >= 4 is 23.4 Å². The molecule has 0 N–H and O–H groups in total. The summed E-state index contributed by atoms with van der Waals surface area (Å²) >= 11 is 1.78. The van der Waals surface area contributed by atoms with Crippen LogP contribution in [-0.4, -0.2) is 12.6 Å². The number of esters is 1. The molecule has 0 amide bonds. The van der Waals surface area contributed by atoms with Crippen molar-refractivity contribution < 1.29 is 9.53 Å². The van der Waals surface area contributed by atoms with E-state index in [1.54, 1.807) is 18.3 Å². The number of aryl methyl sites for hydroxylation is 2. The summed E-state index contributed by atoms with van der Waals surface area (Å²) in [6.07, 6.45) is 11.6. The van der Waals surface area contributed by atoms with Gasteiger partial charge in [0.25, 0.3) is 0 Å². The molecule has 0 aliphatic carbocycles. The molecule has 1 heterocycles. The summed E-state index contributed by atoms with van der Waals surface area (Å²) < 4.78 is 4.87. The second-order valence-electron chi connectivity index (χ2n) is 5.13. The van der Waals surface area contributed by atoms with Crippen LogP contribution in [0, 0.1) is 13.8 Å². The predicted octanol–water partition coefficient (Wildman–Crippen LogP) is 5.39. The van der Waals surface area contributed by atoms with E-state index in [0.717, 1.165) is 11.1 Å². The van der Waals surface area contributed by atoms with Gasteiger partial charge in [-0.05, 0) is 56.7 Å². The van der Waals surface area contributed by atoms with Crippen molar-refractivity contribution in [2.45, 2.75) is 34.6 Å². The van der Waals surface area contributed by atoms with Crippen LogP contribution in [0.25, 0.3) is 6.08 Å². The Bertz CT molecular complexity index is 608. The summed E-state index contributed by atoms with van der Waals surface area (Å²) in [7, 11) is 0. The number of hydrogen-bond acceptors (Lipinski definition) is 3. The van der Waals surface area contributed by atoms with E-state index in [0.29, 0.717) is 6.61 Å². The van der Waals surface area contributed by atoms with Gasteiger partial charge in [0.05, 0.1) is 6.61 Å². The summed E-state index contributed by atoms with van der Waals surface area (Å²) in [6, 6.07) is 0. The minimum absolute atomic E-state index is 0.298. The quantitative estimate of drug-likeness (QED) is 0.399. The summed E-state index contributed by atoms with van der Waals surface area (Å²) in [5, 5.41) is 2.18. The minimum Gasteiger partial charge on any atom is -0.463 e. The minimum atomic E-state index is -0.298. The average Bonchev–Trinajstić information content (AvgIpc) is 2.76. The van der Waals surface area contributed by atoms with Crippen LogP contribution in [-0.2, 0) is 9.53 Å². The van der Waals surface area contributed by atoms with Gasteiger partial charge < -0.3 is 4.74 Å². The molecular formula is C19H24O2S. The number of carbonyl (C=O) groups is 1. The Hall–Kier alpha value is -1.87. The molecule has 1 rings (SSSR count). The van der Waals surface area contributed by atoms with Crippen molar-refractivity contribution in [1.82, 2.24) is 0 Å². The summed E-state index contributed by atoms with van der Waals surface area (Å²) in [5.74, 6) is -0.298. The lowest BCUT2D eigenvalue weighted by Gasteiger charge is -1.96. The lowest BCUT2D eigenvalue weighted by atomic mass is 10.1. The summed E-state index contributed by atoms with van der Waals surface area (Å²) in [6.45, 7) is 10.4. The van der Waals surface area contributed by atoms with Crippen molar-refractivity contribution in [1.29, 1.82) is 0 Å². The molecule has 22 heavy (non-hydrogen) atoms. The van der Waals surface area contributed by atoms with Crippen LogP contribution in [0.1, 0.15) is 36.8 Å². The van der Waals surface area contributed by atoms with Gasteiger partial charge in [-0.1, -0.05) is 36.0 Å². The molecule has 0 aromatic carbocycles. The van der Waals surface area contributed by atoms with Crippen molar-refractivity contribution in [3.63, 3.8) is 0 Å². The van der Waals surface area contributed by atoms with Gasteiger partial charge in [-0.15, -0.1) is 11.3 Å². The fraction of sp³-hybridized carbons (Fsp3) is 0.316. The largest absolute Gasteiger partial charge is 0.463 e. The molecule has 0 atom stereocenters. The first kappa shape index (κ1) is 18.2. The Labute approximate surface area is 137 Å². The topological polar surface area (TPSA) is 26.3 Å². The highest BCUT2D eigenvalue weighted by atomic mass is 32.1. The van der Waals surface area contributed by atoms with E-state index in [2.05, 4.69) is 38.3 Å². The maximum Gasteiger partial charge on any atom is 0.330 e. The van der Waals surface area contributed by atoms with Gasteiger partial charge in [-0.3, -0.25) is 0 Å². The van der Waals surface area contributed by atoms with Crippen molar-refractivity contribution in [3.05, 3.63) is 62.9 Å². The first-order valence-electron chi connectivity index (χ1n) is 7.36. The van der Waals surface area contributed by atoms with Crippen LogP contribution < -0.4 is 0 Å². The van der Waals surface area contributed by atoms with Crippen molar-refractivity contribution in [2.24, 2.45) is 0 Å². The standard InChI is InChI=1S/C19H24O2S/c1-6-21-19(20)12-15(3)9-7-8-14(2)10-11-18-16(4)13-22-17(18)5/h7-13H,6H2,1-5H3/b9-7+,11-10?,14-8+,15-12+. The van der Waals surface area contributed by atoms with E-state index in [4.69, 9.17) is 4.74 Å². The highest BCUT2D eigenvalue weighted by Crippen LogP contribution is 2.22. The zero-order valence-corrected chi connectivity index (χ0v) is 14.8. The average molecular weight is 316 g/mol. The second-order valence-corrected chi connectivity index (χ2v) is 6.22. The van der Waals surface area contributed by atoms with E-state index < -0.39 is 0 Å². The second kappa shape index (κ2) is 9.21. The zero-order chi connectivity index (χ0) is 16.5. The smallest absolute Gasteiger partial charge is 0.330 e. The normalized spacial score (nSPS) is 13.3. The number of hydrogen-bond donors (Lipinski definition) is 0. The molecule has 0 aliphatic rings. The van der Waals surface area contributed by atoms with Gasteiger partial charge in [0, 0.05) is 11.0 Å². The van der Waals surface area contributed by atoms with Crippen LogP contribution >= 0.6 is 11.3 Å². The Morgan fingerprint density at radius 3 is 2.55 bits per heavy atom. The van der Waals surface area contributed by atoms with E-state index in [-0.39, 0.29) is 5.97 Å². The SMILES string of the molecule is CCOC(=O)/C=C(C)/C=C/C=C(\C)C=Cc1c(C)csc1C. The molecule has 0 radical (unpaired) electrons. The number of ether oxygens (including phenoxy) is 1. The Kier molecular flexibility index (Phi) is 7.61. The van der Waals surface area contributed by atoms with Gasteiger partial charge in [-0.25, -0.2) is 4.79 Å². The first-order valence-corrected chi connectivity index (χ1v) is 8.24. The number of thiophene rings is 1. The molecule has 118 valence electrons. The molecule has 0 aliphatic heterocycles. The molecule has 1 aromatic heterocycles. The Balaban J connectivity index is 2.66. The van der Waals surface area contributed by atoms with Crippen molar-refractivity contribution in [3.8, 4) is 0 Å². The van der Waals surface area contributed by atoms with E-state index >= 15 is 0 Å². The van der Waals surface area contributed by atoms with E-state index in [1.165, 1.54) is 22.1 Å². The highest BCUT2D eigenvalue weighted by molar-refractivity contribution is 7.10. The van der Waals surface area contributed by atoms with E-state index in [1.807, 2.05) is 25.2 Å². The lowest BCUT2D eigenvalue weighted by molar-refractivity contribution is -0.137. The van der Waals surface area contributed by atoms with Gasteiger partial charge >= 0.3 is 5.97 Å². The summed E-state index contributed by atoms with van der Waals surface area (Å²) in [4.78, 5) is 12.6. The molecule has 0 saturated heterocycles. The molecule has 0 unspecified atom stereocenters. The number of rotatable bonds is 6. The maximum absolute atomic E-state index is 11.3. The van der Waals surface area contributed by atoms with Crippen LogP contribution in [0.15, 0.2) is 46.9 Å². The molecule has 0 bridgehead atoms. The third kappa shape index (κ3) is 6.27. The molecule has 1 aromatic rings. The van der Waals surface area contributed by atoms with Gasteiger partial charge in [0.2, 0.25) is 0 Å². The molecule has 0 saturated carbocycles. The van der Waals surface area contributed by atoms with Crippen LogP contribution in [0.3, 0.4) is 0 Å². The predicted molar refractivity (Wildman–Crippen MR) is 96.1 cm³/mol. The Morgan fingerprint density at radius 2 is 1.95 bits per heavy atom. The molecule has 3 heteroatoms. The van der Waals surface area contributed by atoms with Crippen LogP contribution in [0.4, 0.5) is 0 Å². The molecular weight excluding hydrogens is 292 g/mol. The van der Waals surface area contributed by atoms with Gasteiger partial charge in [0.15, 0.2) is 0 Å². The third-order valence-corrected chi connectivity index (χ3v) is 4.12. The molecule has 2 nitrogen and oxygen atoms in total. The van der Waals surface area contributed by atoms with Gasteiger partial charge in [0.1, 0.15) is 0 Å².